The molecule has 2 aliphatic heterocycles. The largest absolute Gasteiger partial charge is 0.316 e. The second-order valence-corrected chi connectivity index (χ2v) is 8.12. The zero-order valence-corrected chi connectivity index (χ0v) is 12.5. The molecular weight excluding hydrogens is 288 g/mol. The lowest BCUT2D eigenvalue weighted by Gasteiger charge is -2.18. The summed E-state index contributed by atoms with van der Waals surface area (Å²) in [5.41, 5.74) is 1.50. The minimum atomic E-state index is -3.09. The molecule has 6 nitrogen and oxygen atoms in total. The van der Waals surface area contributed by atoms with Gasteiger partial charge < -0.3 is 5.32 Å². The van der Waals surface area contributed by atoms with E-state index in [0.29, 0.717) is 12.1 Å². The molecule has 0 radical (unpaired) electrons. The molecular formula is C14H18N4O2S. The van der Waals surface area contributed by atoms with Crippen molar-refractivity contribution < 1.29 is 8.42 Å². The fraction of sp³-hybridized carbons (Fsp3) is 0.571. The third kappa shape index (κ3) is 2.06. The number of aromatic nitrogens is 3. The third-order valence-corrected chi connectivity index (χ3v) is 6.62. The minimum absolute atomic E-state index is 0.270. The highest BCUT2D eigenvalue weighted by molar-refractivity contribution is 7.91. The maximum atomic E-state index is 12.4. The molecule has 2 unspecified atom stereocenters. The van der Waals surface area contributed by atoms with Gasteiger partial charge in [-0.1, -0.05) is 0 Å². The third-order valence-electron chi connectivity index (χ3n) is 4.48. The number of sulfone groups is 1. The molecule has 1 N–H and O–H groups in total. The summed E-state index contributed by atoms with van der Waals surface area (Å²) in [7, 11) is -3.09. The molecule has 7 heteroatoms. The smallest absolute Gasteiger partial charge is 0.171 e. The molecule has 0 aliphatic carbocycles. The van der Waals surface area contributed by atoms with Crippen molar-refractivity contribution in [2.24, 2.45) is 0 Å². The number of nitrogens with one attached hydrogen (secondary N) is 1. The fourth-order valence-electron chi connectivity index (χ4n) is 3.46. The molecule has 21 heavy (non-hydrogen) atoms. The molecule has 4 heterocycles. The fourth-order valence-corrected chi connectivity index (χ4v) is 5.35. The second-order valence-electron chi connectivity index (χ2n) is 5.84. The van der Waals surface area contributed by atoms with E-state index < -0.39 is 15.2 Å². The molecule has 2 aromatic rings. The molecule has 0 amide bonds. The second kappa shape index (κ2) is 4.78. The first-order valence-electron chi connectivity index (χ1n) is 7.42. The molecule has 4 rings (SSSR count). The maximum Gasteiger partial charge on any atom is 0.171 e. The highest BCUT2D eigenvalue weighted by Crippen LogP contribution is 2.36. The number of imidazole rings is 1. The van der Waals surface area contributed by atoms with Gasteiger partial charge in [0.2, 0.25) is 0 Å². The van der Waals surface area contributed by atoms with Crippen LogP contribution in [0.2, 0.25) is 0 Å². The molecule has 2 atom stereocenters. The normalized spacial score (nSPS) is 28.4. The SMILES string of the molecule is O=S1(=O)CCCC1n1c(C2CCNC2)nc2cccnc21. The van der Waals surface area contributed by atoms with E-state index in [4.69, 9.17) is 4.98 Å². The van der Waals surface area contributed by atoms with Crippen molar-refractivity contribution in [3.05, 3.63) is 24.2 Å². The summed E-state index contributed by atoms with van der Waals surface area (Å²) in [6.45, 7) is 1.81. The first-order valence-corrected chi connectivity index (χ1v) is 9.13. The number of hydrogen-bond acceptors (Lipinski definition) is 5. The Labute approximate surface area is 123 Å². The Kier molecular flexibility index (Phi) is 3.00. The summed E-state index contributed by atoms with van der Waals surface area (Å²) in [4.78, 5) is 9.10. The van der Waals surface area contributed by atoms with E-state index in [9.17, 15) is 8.42 Å². The highest BCUT2D eigenvalue weighted by atomic mass is 32.2. The Morgan fingerprint density at radius 2 is 2.24 bits per heavy atom. The van der Waals surface area contributed by atoms with Crippen molar-refractivity contribution in [3.8, 4) is 0 Å². The van der Waals surface area contributed by atoms with Crippen molar-refractivity contribution >= 4 is 21.0 Å². The Balaban J connectivity index is 1.94. The van der Waals surface area contributed by atoms with Crippen molar-refractivity contribution in [3.63, 3.8) is 0 Å². The van der Waals surface area contributed by atoms with E-state index in [-0.39, 0.29) is 11.7 Å². The van der Waals surface area contributed by atoms with E-state index in [1.807, 2.05) is 16.7 Å². The molecule has 0 saturated carbocycles. The van der Waals surface area contributed by atoms with Gasteiger partial charge in [0.25, 0.3) is 0 Å². The number of nitrogens with zero attached hydrogens (tertiary/aromatic N) is 3. The summed E-state index contributed by atoms with van der Waals surface area (Å²) in [6, 6.07) is 3.76. The molecule has 0 aromatic carbocycles. The van der Waals surface area contributed by atoms with Crippen LogP contribution in [0.3, 0.4) is 0 Å². The molecule has 2 fully saturated rings. The van der Waals surface area contributed by atoms with Crippen LogP contribution in [-0.4, -0.2) is 41.8 Å². The van der Waals surface area contributed by atoms with Gasteiger partial charge in [-0.15, -0.1) is 0 Å². The van der Waals surface area contributed by atoms with Gasteiger partial charge >= 0.3 is 0 Å². The lowest BCUT2D eigenvalue weighted by Crippen LogP contribution is -2.20. The predicted molar refractivity (Wildman–Crippen MR) is 79.8 cm³/mol. The van der Waals surface area contributed by atoms with E-state index >= 15 is 0 Å². The number of hydrogen-bond donors (Lipinski definition) is 1. The summed E-state index contributed by atoms with van der Waals surface area (Å²) in [6.07, 6.45) is 4.09. The van der Waals surface area contributed by atoms with Crippen LogP contribution in [0.1, 0.15) is 36.4 Å². The Morgan fingerprint density at radius 3 is 2.95 bits per heavy atom. The summed E-state index contributed by atoms with van der Waals surface area (Å²) < 4.78 is 26.7. The Bertz CT molecular complexity index is 777. The van der Waals surface area contributed by atoms with Crippen molar-refractivity contribution in [1.29, 1.82) is 0 Å². The van der Waals surface area contributed by atoms with Gasteiger partial charge in [0.1, 0.15) is 16.7 Å². The molecule has 112 valence electrons. The van der Waals surface area contributed by atoms with E-state index in [1.165, 1.54) is 0 Å². The molecule has 0 spiro atoms. The lowest BCUT2D eigenvalue weighted by atomic mass is 10.1. The van der Waals surface area contributed by atoms with Gasteiger partial charge in [0.15, 0.2) is 15.5 Å². The van der Waals surface area contributed by atoms with Crippen molar-refractivity contribution in [1.82, 2.24) is 19.9 Å². The molecule has 2 aliphatic rings. The van der Waals surface area contributed by atoms with Gasteiger partial charge in [0, 0.05) is 18.7 Å². The van der Waals surface area contributed by atoms with Crippen LogP contribution in [0.15, 0.2) is 18.3 Å². The number of fused-ring (bicyclic) bond motifs is 1. The van der Waals surface area contributed by atoms with E-state index in [0.717, 1.165) is 37.3 Å². The van der Waals surface area contributed by atoms with Crippen LogP contribution >= 0.6 is 0 Å². The van der Waals surface area contributed by atoms with Crippen molar-refractivity contribution in [2.45, 2.75) is 30.6 Å². The van der Waals surface area contributed by atoms with Gasteiger partial charge in [-0.2, -0.15) is 0 Å². The minimum Gasteiger partial charge on any atom is -0.316 e. The highest BCUT2D eigenvalue weighted by Gasteiger charge is 2.37. The average molecular weight is 306 g/mol. The quantitative estimate of drug-likeness (QED) is 0.902. The first-order chi connectivity index (χ1) is 10.2. The first kappa shape index (κ1) is 13.2. The monoisotopic (exact) mass is 306 g/mol. The van der Waals surface area contributed by atoms with Gasteiger partial charge in [-0.3, -0.25) is 4.57 Å². The van der Waals surface area contributed by atoms with Gasteiger partial charge in [-0.25, -0.2) is 18.4 Å². The van der Waals surface area contributed by atoms with Crippen LogP contribution in [0, 0.1) is 0 Å². The van der Waals surface area contributed by atoms with Gasteiger partial charge in [0.05, 0.1) is 5.75 Å². The molecule has 2 saturated heterocycles. The van der Waals surface area contributed by atoms with Crippen LogP contribution < -0.4 is 5.32 Å². The van der Waals surface area contributed by atoms with Crippen LogP contribution in [0.4, 0.5) is 0 Å². The van der Waals surface area contributed by atoms with Crippen LogP contribution in [0.25, 0.3) is 11.2 Å². The summed E-state index contributed by atoms with van der Waals surface area (Å²) >= 11 is 0. The predicted octanol–water partition coefficient (Wildman–Crippen LogP) is 1.22. The zero-order valence-electron chi connectivity index (χ0n) is 11.7. The lowest BCUT2D eigenvalue weighted by molar-refractivity contribution is 0.536. The Morgan fingerprint density at radius 1 is 1.33 bits per heavy atom. The summed E-state index contributed by atoms with van der Waals surface area (Å²) in [5.74, 6) is 1.42. The Hall–Kier alpha value is -1.47. The number of rotatable bonds is 2. The average Bonchev–Trinajstić information content (AvgIpc) is 3.15. The molecule has 0 bridgehead atoms. The van der Waals surface area contributed by atoms with Crippen molar-refractivity contribution in [2.75, 3.05) is 18.8 Å². The van der Waals surface area contributed by atoms with Gasteiger partial charge in [-0.05, 0) is 37.9 Å². The van der Waals surface area contributed by atoms with Crippen LogP contribution in [-0.2, 0) is 9.84 Å². The maximum absolute atomic E-state index is 12.4. The zero-order chi connectivity index (χ0) is 14.4. The molecule has 2 aromatic heterocycles. The van der Waals surface area contributed by atoms with Crippen LogP contribution in [0.5, 0.6) is 0 Å². The number of pyridine rings is 1. The topological polar surface area (TPSA) is 76.9 Å². The standard InChI is InChI=1S/C14H18N4O2S/c19-21(20)8-2-4-12(21)18-13(10-5-7-15-9-10)17-11-3-1-6-16-14(11)18/h1,3,6,10,12,15H,2,4-5,7-9H2. The van der Waals surface area contributed by atoms with E-state index in [2.05, 4.69) is 10.3 Å². The van der Waals surface area contributed by atoms with E-state index in [1.54, 1.807) is 6.20 Å². The summed E-state index contributed by atoms with van der Waals surface area (Å²) in [5, 5.41) is 2.84.